The normalized spacial score (nSPS) is 21.8. The third kappa shape index (κ3) is 9.53. The molecular formula is C70H72BN2. The predicted molar refractivity (Wildman–Crippen MR) is 315 cm³/mol. The highest BCUT2D eigenvalue weighted by Gasteiger charge is 2.40. The fraction of sp³-hybridized carbons (Fsp3) is 0.286. The minimum atomic E-state index is 0.144. The van der Waals surface area contributed by atoms with Gasteiger partial charge < -0.3 is 10.2 Å². The second kappa shape index (κ2) is 19.5. The summed E-state index contributed by atoms with van der Waals surface area (Å²) >= 11 is 0. The molecule has 0 fully saturated rings. The van der Waals surface area contributed by atoms with Gasteiger partial charge in [-0.15, -0.1) is 0 Å². The van der Waals surface area contributed by atoms with Crippen molar-refractivity contribution in [2.24, 2.45) is 5.92 Å². The predicted octanol–water partition coefficient (Wildman–Crippen LogP) is 17.4. The van der Waals surface area contributed by atoms with E-state index in [1.165, 1.54) is 119 Å². The Kier molecular flexibility index (Phi) is 13.0. The van der Waals surface area contributed by atoms with E-state index in [1.54, 1.807) is 11.1 Å². The second-order valence-electron chi connectivity index (χ2n) is 23.2. The van der Waals surface area contributed by atoms with Crippen LogP contribution in [-0.4, -0.2) is 7.28 Å². The summed E-state index contributed by atoms with van der Waals surface area (Å²) in [5, 5.41) is 3.75. The smallest absolute Gasteiger partial charge is 0.192 e. The van der Waals surface area contributed by atoms with E-state index >= 15 is 0 Å². The van der Waals surface area contributed by atoms with Crippen LogP contribution in [0.5, 0.6) is 0 Å². The quantitative estimate of drug-likeness (QED) is 0.156. The van der Waals surface area contributed by atoms with Gasteiger partial charge in [0.05, 0.1) is 0 Å². The van der Waals surface area contributed by atoms with E-state index in [-0.39, 0.29) is 16.7 Å². The van der Waals surface area contributed by atoms with Gasteiger partial charge in [0.15, 0.2) is 7.28 Å². The number of benzene rings is 5. The second-order valence-corrected chi connectivity index (χ2v) is 23.2. The summed E-state index contributed by atoms with van der Waals surface area (Å²) in [6.45, 7) is 21.4. The van der Waals surface area contributed by atoms with Crippen molar-refractivity contribution in [2.75, 3.05) is 4.90 Å². The zero-order chi connectivity index (χ0) is 50.6. The maximum absolute atomic E-state index is 3.75. The van der Waals surface area contributed by atoms with Crippen molar-refractivity contribution in [3.8, 4) is 11.1 Å². The molecule has 5 aromatic rings. The van der Waals surface area contributed by atoms with Gasteiger partial charge in [-0.05, 0) is 210 Å². The maximum atomic E-state index is 3.75. The van der Waals surface area contributed by atoms with Gasteiger partial charge in [-0.3, -0.25) is 0 Å². The molecule has 5 aromatic carbocycles. The number of aryl methyl sites for hydroxylation is 3. The molecule has 0 spiro atoms. The lowest BCUT2D eigenvalue weighted by atomic mass is 9.53. The SMILES string of the molecule is CC1=CC2=C([B]c3c(cc4c(c3\C=C3/C=CC(C)C=C/C3=C/C=C(\C)NC3=CC=C(c5ccccc5)CC3)C=CCC4)N2c2ccc(-c3ccccc3)cc2C)CC1c1cc2c(cc1C)C(C)(C)CCC2(C)C. The molecule has 2 unspecified atom stereocenters. The van der Waals surface area contributed by atoms with Crippen LogP contribution in [0.1, 0.15) is 143 Å². The van der Waals surface area contributed by atoms with Gasteiger partial charge >= 0.3 is 0 Å². The van der Waals surface area contributed by atoms with E-state index in [0.717, 1.165) is 37.8 Å². The zero-order valence-corrected chi connectivity index (χ0v) is 44.8. The van der Waals surface area contributed by atoms with Crippen molar-refractivity contribution >= 4 is 41.8 Å². The van der Waals surface area contributed by atoms with Crippen LogP contribution >= 0.6 is 0 Å². The van der Waals surface area contributed by atoms with Crippen molar-refractivity contribution in [2.45, 2.75) is 124 Å². The minimum absolute atomic E-state index is 0.144. The topological polar surface area (TPSA) is 15.3 Å². The molecule has 1 aliphatic heterocycles. The Labute approximate surface area is 438 Å². The van der Waals surface area contributed by atoms with E-state index in [0.29, 0.717) is 5.92 Å². The van der Waals surface area contributed by atoms with Gasteiger partial charge in [0.25, 0.3) is 0 Å². The number of anilines is 2. The largest absolute Gasteiger partial charge is 0.362 e. The number of hydrogen-bond acceptors (Lipinski definition) is 2. The van der Waals surface area contributed by atoms with Gasteiger partial charge in [0.1, 0.15) is 0 Å². The van der Waals surface area contributed by atoms with E-state index in [2.05, 4.69) is 250 Å². The number of allylic oxidation sites excluding steroid dienone is 17. The summed E-state index contributed by atoms with van der Waals surface area (Å²) in [5.41, 5.74) is 29.6. The van der Waals surface area contributed by atoms with E-state index in [4.69, 9.17) is 0 Å². The summed E-state index contributed by atoms with van der Waals surface area (Å²) in [6.07, 6.45) is 35.8. The molecule has 0 aromatic heterocycles. The van der Waals surface area contributed by atoms with Crippen molar-refractivity contribution in [1.29, 1.82) is 0 Å². The van der Waals surface area contributed by atoms with Crippen LogP contribution in [0, 0.1) is 19.8 Å². The average Bonchev–Trinajstić information content (AvgIpc) is 3.57. The lowest BCUT2D eigenvalue weighted by molar-refractivity contribution is 0.331. The van der Waals surface area contributed by atoms with E-state index < -0.39 is 0 Å². The first-order valence-electron chi connectivity index (χ1n) is 27.1. The summed E-state index contributed by atoms with van der Waals surface area (Å²) in [4.78, 5) is 2.64. The molecule has 3 heteroatoms. The van der Waals surface area contributed by atoms with Crippen LogP contribution in [-0.2, 0) is 17.3 Å². The summed E-state index contributed by atoms with van der Waals surface area (Å²) in [5.74, 6) is 0.606. The Hall–Kier alpha value is -6.84. The molecular weight excluding hydrogens is 880 g/mol. The molecule has 1 heterocycles. The van der Waals surface area contributed by atoms with Crippen molar-refractivity contribution in [1.82, 2.24) is 5.32 Å². The van der Waals surface area contributed by atoms with Gasteiger partial charge in [-0.2, -0.15) is 0 Å². The monoisotopic (exact) mass is 952 g/mol. The average molecular weight is 952 g/mol. The molecule has 6 aliphatic rings. The van der Waals surface area contributed by atoms with Crippen molar-refractivity contribution < 1.29 is 0 Å². The molecule has 2 nitrogen and oxygen atoms in total. The molecule has 0 saturated heterocycles. The van der Waals surface area contributed by atoms with Crippen LogP contribution in [0.3, 0.4) is 0 Å². The first-order chi connectivity index (χ1) is 35.2. The molecule has 0 saturated carbocycles. The molecule has 365 valence electrons. The Morgan fingerprint density at radius 3 is 2.14 bits per heavy atom. The summed E-state index contributed by atoms with van der Waals surface area (Å²) in [6, 6.07) is 36.4. The van der Waals surface area contributed by atoms with E-state index in [9.17, 15) is 0 Å². The molecule has 73 heavy (non-hydrogen) atoms. The van der Waals surface area contributed by atoms with Crippen LogP contribution in [0.25, 0.3) is 28.9 Å². The fourth-order valence-electron chi connectivity index (χ4n) is 12.4. The van der Waals surface area contributed by atoms with Gasteiger partial charge in [0.2, 0.25) is 0 Å². The number of nitrogens with zero attached hydrogens (tertiary/aromatic N) is 1. The first kappa shape index (κ1) is 48.4. The van der Waals surface area contributed by atoms with Gasteiger partial charge in [-0.25, -0.2) is 0 Å². The van der Waals surface area contributed by atoms with Crippen molar-refractivity contribution in [3.05, 3.63) is 247 Å². The summed E-state index contributed by atoms with van der Waals surface area (Å²) < 4.78 is 0. The molecule has 2 atom stereocenters. The van der Waals surface area contributed by atoms with Gasteiger partial charge in [-0.1, -0.05) is 179 Å². The highest BCUT2D eigenvalue weighted by molar-refractivity contribution is 6.65. The maximum Gasteiger partial charge on any atom is 0.192 e. The van der Waals surface area contributed by atoms with Crippen LogP contribution in [0.15, 0.2) is 197 Å². The number of rotatable bonds is 8. The third-order valence-electron chi connectivity index (χ3n) is 17.0. The third-order valence-corrected chi connectivity index (χ3v) is 17.0. The van der Waals surface area contributed by atoms with Crippen molar-refractivity contribution in [3.63, 3.8) is 0 Å². The first-order valence-corrected chi connectivity index (χ1v) is 27.1. The number of fused-ring (bicyclic) bond motifs is 3. The Bertz CT molecular complexity index is 3350. The Morgan fingerprint density at radius 2 is 1.42 bits per heavy atom. The standard InChI is InChI=1S/C70H72BN2/c1-45-24-27-53(29-26-49(5)72-57-33-30-52(31-34-57)50-18-12-10-13-19-50)55(28-25-45)41-61-58-23-17-16-22-56(58)42-67-68(61)71-64-44-60(59-43-63-62(39-46(59)2)69(6,7)36-37-70(63,8)9)47(3)40-66(64)73(67)65-35-32-54(38-48(65)4)51-20-14-11-15-21-51/h10-15,17-21,23-30,32-33,35,38-43,45,60,72H,16,22,31,34,36-37,44H2,1-9H3/b49-26+,53-29-,55-41+. The summed E-state index contributed by atoms with van der Waals surface area (Å²) in [7, 11) is 2.59. The highest BCUT2D eigenvalue weighted by Crippen LogP contribution is 2.51. The minimum Gasteiger partial charge on any atom is -0.362 e. The Balaban J connectivity index is 1.03. The van der Waals surface area contributed by atoms with Crippen LogP contribution < -0.4 is 15.7 Å². The molecule has 1 radical (unpaired) electrons. The van der Waals surface area contributed by atoms with Gasteiger partial charge in [0, 0.05) is 34.4 Å². The molecule has 5 aliphatic carbocycles. The fourth-order valence-corrected chi connectivity index (χ4v) is 12.4. The Morgan fingerprint density at radius 1 is 0.712 bits per heavy atom. The number of nitrogens with one attached hydrogen (secondary N) is 1. The molecule has 11 rings (SSSR count). The lowest BCUT2D eigenvalue weighted by Crippen LogP contribution is -2.39. The zero-order valence-electron chi connectivity index (χ0n) is 44.8. The van der Waals surface area contributed by atoms with Crippen LogP contribution in [0.4, 0.5) is 11.4 Å². The highest BCUT2D eigenvalue weighted by atomic mass is 15.2. The molecule has 1 N–H and O–H groups in total. The molecule has 0 bridgehead atoms. The molecule has 0 amide bonds. The number of hydrogen-bond donors (Lipinski definition) is 1. The lowest BCUT2D eigenvalue weighted by Gasteiger charge is -2.43. The van der Waals surface area contributed by atoms with Crippen LogP contribution in [0.2, 0.25) is 0 Å². The van der Waals surface area contributed by atoms with E-state index in [1.807, 2.05) is 0 Å².